The highest BCUT2D eigenvalue weighted by Crippen LogP contribution is 2.29. The predicted molar refractivity (Wildman–Crippen MR) is 82.9 cm³/mol. The number of rotatable bonds is 3. The second kappa shape index (κ2) is 7.00. The lowest BCUT2D eigenvalue weighted by Gasteiger charge is -2.36. The summed E-state index contributed by atoms with van der Waals surface area (Å²) in [6.45, 7) is 6.58. The molecule has 0 bridgehead atoms. The topological polar surface area (TPSA) is 53.0 Å². The van der Waals surface area contributed by atoms with Crippen molar-refractivity contribution in [3.8, 4) is 0 Å². The number of nitrogens with zero attached hydrogens (tertiary/aromatic N) is 2. The highest BCUT2D eigenvalue weighted by molar-refractivity contribution is 6.33. The number of benzene rings is 1. The van der Waals surface area contributed by atoms with Gasteiger partial charge in [0.2, 0.25) is 0 Å². The van der Waals surface area contributed by atoms with Crippen molar-refractivity contribution in [2.75, 3.05) is 37.7 Å². The Morgan fingerprint density at radius 2 is 2.05 bits per heavy atom. The van der Waals surface area contributed by atoms with Crippen molar-refractivity contribution in [2.24, 2.45) is 0 Å². The summed E-state index contributed by atoms with van der Waals surface area (Å²) >= 11 is 6.30. The maximum atomic E-state index is 11.7. The largest absolute Gasteiger partial charge is 0.450 e. The summed E-state index contributed by atoms with van der Waals surface area (Å²) in [5.74, 6) is 0. The molecule has 0 saturated carbocycles. The molecule has 1 aromatic carbocycles. The Hall–Kier alpha value is -1.46. The van der Waals surface area contributed by atoms with Gasteiger partial charge in [-0.15, -0.1) is 0 Å². The third-order valence-electron chi connectivity index (χ3n) is 3.60. The van der Waals surface area contributed by atoms with Crippen LogP contribution in [-0.2, 0) is 4.74 Å². The van der Waals surface area contributed by atoms with Gasteiger partial charge in [-0.25, -0.2) is 4.79 Å². The first kappa shape index (κ1) is 15.9. The van der Waals surface area contributed by atoms with Crippen LogP contribution in [-0.4, -0.2) is 48.9 Å². The fourth-order valence-corrected chi connectivity index (χ4v) is 2.69. The molecule has 2 rings (SSSR count). The van der Waals surface area contributed by atoms with Gasteiger partial charge in [0.15, 0.2) is 0 Å². The molecule has 0 radical (unpaired) electrons. The molecule has 1 fully saturated rings. The third kappa shape index (κ3) is 3.80. The van der Waals surface area contributed by atoms with E-state index in [9.17, 15) is 9.90 Å². The van der Waals surface area contributed by atoms with Crippen molar-refractivity contribution < 1.29 is 14.6 Å². The SMILES string of the molecule is CCOC(=O)N1CCN(c2ccc([C@H](C)O)cc2Cl)CC1. The lowest BCUT2D eigenvalue weighted by atomic mass is 10.1. The number of amides is 1. The van der Waals surface area contributed by atoms with E-state index in [1.54, 1.807) is 24.8 Å². The van der Waals surface area contributed by atoms with E-state index >= 15 is 0 Å². The van der Waals surface area contributed by atoms with Crippen LogP contribution in [0.3, 0.4) is 0 Å². The number of ether oxygens (including phenoxy) is 1. The van der Waals surface area contributed by atoms with Gasteiger partial charge >= 0.3 is 6.09 Å². The van der Waals surface area contributed by atoms with Gasteiger partial charge < -0.3 is 19.6 Å². The zero-order chi connectivity index (χ0) is 15.4. The van der Waals surface area contributed by atoms with E-state index in [2.05, 4.69) is 4.90 Å². The Kier molecular flexibility index (Phi) is 5.31. The molecule has 116 valence electrons. The van der Waals surface area contributed by atoms with E-state index in [0.717, 1.165) is 11.3 Å². The predicted octanol–water partition coefficient (Wildman–Crippen LogP) is 2.67. The summed E-state index contributed by atoms with van der Waals surface area (Å²) in [5.41, 5.74) is 1.73. The van der Waals surface area contributed by atoms with E-state index in [4.69, 9.17) is 16.3 Å². The Morgan fingerprint density at radius 1 is 1.38 bits per heavy atom. The summed E-state index contributed by atoms with van der Waals surface area (Å²) in [6, 6.07) is 5.59. The van der Waals surface area contributed by atoms with Crippen LogP contribution in [0.25, 0.3) is 0 Å². The number of carbonyl (C=O) groups is 1. The first-order valence-corrected chi connectivity index (χ1v) is 7.55. The van der Waals surface area contributed by atoms with Crippen LogP contribution in [0.4, 0.5) is 10.5 Å². The molecule has 6 heteroatoms. The van der Waals surface area contributed by atoms with Gasteiger partial charge in [-0.05, 0) is 31.5 Å². The van der Waals surface area contributed by atoms with Crippen LogP contribution in [0.15, 0.2) is 18.2 Å². The molecule has 0 spiro atoms. The molecule has 21 heavy (non-hydrogen) atoms. The van der Waals surface area contributed by atoms with Crippen LogP contribution in [0, 0.1) is 0 Å². The van der Waals surface area contributed by atoms with E-state index in [-0.39, 0.29) is 6.09 Å². The van der Waals surface area contributed by atoms with E-state index < -0.39 is 6.10 Å². The second-order valence-electron chi connectivity index (χ2n) is 5.06. The van der Waals surface area contributed by atoms with Gasteiger partial charge in [-0.2, -0.15) is 0 Å². The molecular formula is C15H21ClN2O3. The van der Waals surface area contributed by atoms with Crippen molar-refractivity contribution in [3.05, 3.63) is 28.8 Å². The first-order valence-electron chi connectivity index (χ1n) is 7.17. The second-order valence-corrected chi connectivity index (χ2v) is 5.47. The van der Waals surface area contributed by atoms with Crippen molar-refractivity contribution in [1.82, 2.24) is 4.90 Å². The average molecular weight is 313 g/mol. The number of aliphatic hydroxyl groups is 1. The quantitative estimate of drug-likeness (QED) is 0.932. The Balaban J connectivity index is 2.01. The van der Waals surface area contributed by atoms with Gasteiger partial charge in [-0.3, -0.25) is 0 Å². The summed E-state index contributed by atoms with van der Waals surface area (Å²) in [4.78, 5) is 15.5. The molecule has 0 aromatic heterocycles. The minimum Gasteiger partial charge on any atom is -0.450 e. The minimum absolute atomic E-state index is 0.257. The smallest absolute Gasteiger partial charge is 0.409 e. The monoisotopic (exact) mass is 312 g/mol. The van der Waals surface area contributed by atoms with E-state index in [0.29, 0.717) is 37.8 Å². The Morgan fingerprint density at radius 3 is 2.57 bits per heavy atom. The highest BCUT2D eigenvalue weighted by Gasteiger charge is 2.23. The zero-order valence-electron chi connectivity index (χ0n) is 12.4. The number of anilines is 1. The van der Waals surface area contributed by atoms with Crippen LogP contribution in [0.2, 0.25) is 5.02 Å². The van der Waals surface area contributed by atoms with Crippen LogP contribution < -0.4 is 4.90 Å². The number of aliphatic hydroxyl groups excluding tert-OH is 1. The number of hydrogen-bond donors (Lipinski definition) is 1. The van der Waals surface area contributed by atoms with Gasteiger partial charge in [-0.1, -0.05) is 17.7 Å². The number of hydrogen-bond acceptors (Lipinski definition) is 4. The minimum atomic E-state index is -0.530. The van der Waals surface area contributed by atoms with Gasteiger partial charge in [0.05, 0.1) is 23.4 Å². The highest BCUT2D eigenvalue weighted by atomic mass is 35.5. The Bertz CT molecular complexity index is 500. The molecule has 0 aliphatic carbocycles. The molecule has 1 heterocycles. The average Bonchev–Trinajstić information content (AvgIpc) is 2.47. The van der Waals surface area contributed by atoms with Crippen LogP contribution in [0.1, 0.15) is 25.5 Å². The standard InChI is InChI=1S/C15H21ClN2O3/c1-3-21-15(20)18-8-6-17(7-9-18)14-5-4-12(11(2)19)10-13(14)16/h4-5,10-11,19H,3,6-9H2,1-2H3/t11-/m0/s1. The van der Waals surface area contributed by atoms with E-state index in [1.165, 1.54) is 0 Å². The van der Waals surface area contributed by atoms with E-state index in [1.807, 2.05) is 12.1 Å². The lowest BCUT2D eigenvalue weighted by molar-refractivity contribution is 0.105. The van der Waals surface area contributed by atoms with Gasteiger partial charge in [0, 0.05) is 26.2 Å². The number of carbonyl (C=O) groups excluding carboxylic acids is 1. The maximum absolute atomic E-state index is 11.7. The molecule has 0 unspecified atom stereocenters. The number of piperazine rings is 1. The van der Waals surface area contributed by atoms with Crippen molar-refractivity contribution in [1.29, 1.82) is 0 Å². The summed E-state index contributed by atoms with van der Waals surface area (Å²) in [7, 11) is 0. The number of halogens is 1. The zero-order valence-corrected chi connectivity index (χ0v) is 13.1. The normalized spacial score (nSPS) is 16.8. The van der Waals surface area contributed by atoms with Crippen molar-refractivity contribution in [3.63, 3.8) is 0 Å². The molecule has 1 atom stereocenters. The van der Waals surface area contributed by atoms with Crippen LogP contribution >= 0.6 is 11.6 Å². The third-order valence-corrected chi connectivity index (χ3v) is 3.90. The van der Waals surface area contributed by atoms with Crippen molar-refractivity contribution in [2.45, 2.75) is 20.0 Å². The molecule has 1 amide bonds. The molecule has 1 saturated heterocycles. The fourth-order valence-electron chi connectivity index (χ4n) is 2.38. The molecular weight excluding hydrogens is 292 g/mol. The summed E-state index contributed by atoms with van der Waals surface area (Å²) in [5, 5.41) is 10.2. The molecule has 1 aliphatic heterocycles. The van der Waals surface area contributed by atoms with Crippen LogP contribution in [0.5, 0.6) is 0 Å². The lowest BCUT2D eigenvalue weighted by Crippen LogP contribution is -2.49. The Labute approximate surface area is 130 Å². The molecule has 5 nitrogen and oxygen atoms in total. The van der Waals surface area contributed by atoms with Gasteiger partial charge in [0.1, 0.15) is 0 Å². The fraction of sp³-hybridized carbons (Fsp3) is 0.533. The molecule has 1 aromatic rings. The summed E-state index contributed by atoms with van der Waals surface area (Å²) < 4.78 is 5.00. The van der Waals surface area contributed by atoms with Gasteiger partial charge in [0.25, 0.3) is 0 Å². The first-order chi connectivity index (χ1) is 10.0. The molecule has 1 aliphatic rings. The molecule has 1 N–H and O–H groups in total. The van der Waals surface area contributed by atoms with Crippen molar-refractivity contribution >= 4 is 23.4 Å². The summed E-state index contributed by atoms with van der Waals surface area (Å²) in [6.07, 6.45) is -0.787. The maximum Gasteiger partial charge on any atom is 0.409 e.